The summed E-state index contributed by atoms with van der Waals surface area (Å²) in [6.07, 6.45) is 14.3. The molecule has 0 aliphatic heterocycles. The molecule has 22 heavy (non-hydrogen) atoms. The van der Waals surface area contributed by atoms with Crippen molar-refractivity contribution >= 4 is 5.97 Å². The molecule has 0 aromatic rings. The topological polar surface area (TPSA) is 49.3 Å². The molecule has 1 saturated carbocycles. The van der Waals surface area contributed by atoms with Crippen LogP contribution in [0.1, 0.15) is 90.9 Å². The average Bonchev–Trinajstić information content (AvgIpc) is 2.83. The Balaban J connectivity index is 2.09. The highest BCUT2D eigenvalue weighted by atomic mass is 16.4. The molecule has 3 heteroatoms. The number of carboxylic acids is 1. The Morgan fingerprint density at radius 2 is 1.77 bits per heavy atom. The monoisotopic (exact) mass is 311 g/mol. The van der Waals surface area contributed by atoms with Crippen LogP contribution >= 0.6 is 0 Å². The van der Waals surface area contributed by atoms with Gasteiger partial charge in [0.1, 0.15) is 0 Å². The summed E-state index contributed by atoms with van der Waals surface area (Å²) < 4.78 is 0. The van der Waals surface area contributed by atoms with E-state index >= 15 is 0 Å². The lowest BCUT2D eigenvalue weighted by Crippen LogP contribution is -2.37. The van der Waals surface area contributed by atoms with Gasteiger partial charge in [0.2, 0.25) is 0 Å². The molecule has 1 fully saturated rings. The first-order chi connectivity index (χ1) is 10.6. The number of carbonyl (C=O) groups is 1. The van der Waals surface area contributed by atoms with Gasteiger partial charge in [-0.3, -0.25) is 4.79 Å². The summed E-state index contributed by atoms with van der Waals surface area (Å²) in [6.45, 7) is 5.78. The highest BCUT2D eigenvalue weighted by molar-refractivity contribution is 5.66. The second-order valence-electron chi connectivity index (χ2n) is 7.20. The van der Waals surface area contributed by atoms with Crippen LogP contribution in [0.2, 0.25) is 0 Å². The SMILES string of the molecule is CCCCCCC1CCC(C)C1NCCCCCCC(=O)O. The lowest BCUT2D eigenvalue weighted by Gasteiger charge is -2.24. The van der Waals surface area contributed by atoms with Crippen LogP contribution in [0.5, 0.6) is 0 Å². The summed E-state index contributed by atoms with van der Waals surface area (Å²) >= 11 is 0. The third kappa shape index (κ3) is 8.17. The van der Waals surface area contributed by atoms with Gasteiger partial charge in [0.25, 0.3) is 0 Å². The zero-order chi connectivity index (χ0) is 16.2. The standard InChI is InChI=1S/C19H37NO2/c1-3-4-5-8-11-17-14-13-16(2)19(17)20-15-10-7-6-9-12-18(21)22/h16-17,19-20H,3-15H2,1-2H3,(H,21,22). The van der Waals surface area contributed by atoms with Gasteiger partial charge in [-0.2, -0.15) is 0 Å². The zero-order valence-corrected chi connectivity index (χ0v) is 14.8. The predicted molar refractivity (Wildman–Crippen MR) is 93.2 cm³/mol. The average molecular weight is 312 g/mol. The summed E-state index contributed by atoms with van der Waals surface area (Å²) in [7, 11) is 0. The van der Waals surface area contributed by atoms with E-state index in [1.165, 1.54) is 51.4 Å². The summed E-state index contributed by atoms with van der Waals surface area (Å²) in [5.41, 5.74) is 0. The van der Waals surface area contributed by atoms with Gasteiger partial charge in [0.05, 0.1) is 0 Å². The minimum atomic E-state index is -0.663. The van der Waals surface area contributed by atoms with Crippen molar-refractivity contribution in [3.63, 3.8) is 0 Å². The Labute approximate surface area is 137 Å². The fraction of sp³-hybridized carbons (Fsp3) is 0.947. The number of rotatable bonds is 13. The molecule has 0 bridgehead atoms. The van der Waals surface area contributed by atoms with Crippen molar-refractivity contribution in [2.75, 3.05) is 6.54 Å². The van der Waals surface area contributed by atoms with Crippen molar-refractivity contribution in [3.8, 4) is 0 Å². The first-order valence-corrected chi connectivity index (χ1v) is 9.60. The van der Waals surface area contributed by atoms with Crippen molar-refractivity contribution in [2.24, 2.45) is 11.8 Å². The van der Waals surface area contributed by atoms with Gasteiger partial charge in [0.15, 0.2) is 0 Å². The van der Waals surface area contributed by atoms with Crippen LogP contribution in [0.15, 0.2) is 0 Å². The molecule has 130 valence electrons. The molecule has 3 unspecified atom stereocenters. The quantitative estimate of drug-likeness (QED) is 0.471. The van der Waals surface area contributed by atoms with Gasteiger partial charge in [0, 0.05) is 12.5 Å². The second-order valence-corrected chi connectivity index (χ2v) is 7.20. The molecule has 2 N–H and O–H groups in total. The number of hydrogen-bond acceptors (Lipinski definition) is 2. The zero-order valence-electron chi connectivity index (χ0n) is 14.8. The summed E-state index contributed by atoms with van der Waals surface area (Å²) in [4.78, 5) is 10.4. The Morgan fingerprint density at radius 3 is 2.50 bits per heavy atom. The highest BCUT2D eigenvalue weighted by Gasteiger charge is 2.31. The third-order valence-electron chi connectivity index (χ3n) is 5.24. The van der Waals surface area contributed by atoms with Crippen LogP contribution in [-0.4, -0.2) is 23.7 Å². The lowest BCUT2D eigenvalue weighted by molar-refractivity contribution is -0.137. The van der Waals surface area contributed by atoms with E-state index < -0.39 is 5.97 Å². The van der Waals surface area contributed by atoms with E-state index in [0.717, 1.165) is 43.7 Å². The first-order valence-electron chi connectivity index (χ1n) is 9.60. The van der Waals surface area contributed by atoms with Crippen LogP contribution in [0, 0.1) is 11.8 Å². The van der Waals surface area contributed by atoms with Gasteiger partial charge in [-0.05, 0) is 50.5 Å². The molecule has 1 aliphatic carbocycles. The molecule has 0 amide bonds. The number of nitrogens with one attached hydrogen (secondary N) is 1. The van der Waals surface area contributed by atoms with E-state index in [-0.39, 0.29) is 0 Å². The molecular weight excluding hydrogens is 274 g/mol. The largest absolute Gasteiger partial charge is 0.481 e. The lowest BCUT2D eigenvalue weighted by atomic mass is 9.93. The van der Waals surface area contributed by atoms with Gasteiger partial charge in [-0.1, -0.05) is 52.4 Å². The molecule has 3 nitrogen and oxygen atoms in total. The van der Waals surface area contributed by atoms with Gasteiger partial charge in [-0.25, -0.2) is 0 Å². The van der Waals surface area contributed by atoms with E-state index in [9.17, 15) is 4.79 Å². The third-order valence-corrected chi connectivity index (χ3v) is 5.24. The Bertz CT molecular complexity index is 293. The molecule has 0 heterocycles. The molecule has 3 atom stereocenters. The number of aliphatic carboxylic acids is 1. The molecule has 0 saturated heterocycles. The van der Waals surface area contributed by atoms with Crippen LogP contribution < -0.4 is 5.32 Å². The van der Waals surface area contributed by atoms with E-state index in [4.69, 9.17) is 5.11 Å². The van der Waals surface area contributed by atoms with Crippen molar-refractivity contribution in [2.45, 2.75) is 96.9 Å². The van der Waals surface area contributed by atoms with Gasteiger partial charge in [-0.15, -0.1) is 0 Å². The second kappa shape index (κ2) is 11.9. The van der Waals surface area contributed by atoms with Gasteiger partial charge < -0.3 is 10.4 Å². The fourth-order valence-electron chi connectivity index (χ4n) is 3.85. The van der Waals surface area contributed by atoms with Crippen LogP contribution in [0.4, 0.5) is 0 Å². The Kier molecular flexibility index (Phi) is 10.6. The van der Waals surface area contributed by atoms with Crippen molar-refractivity contribution in [1.29, 1.82) is 0 Å². The van der Waals surface area contributed by atoms with E-state index in [0.29, 0.717) is 6.42 Å². The molecule has 0 aromatic heterocycles. The van der Waals surface area contributed by atoms with E-state index in [1.54, 1.807) is 0 Å². The maximum absolute atomic E-state index is 10.4. The normalized spacial score (nSPS) is 24.7. The van der Waals surface area contributed by atoms with Gasteiger partial charge >= 0.3 is 5.97 Å². The summed E-state index contributed by atoms with van der Waals surface area (Å²) in [5.74, 6) is 1.05. The molecule has 0 aromatic carbocycles. The van der Waals surface area contributed by atoms with Crippen molar-refractivity contribution < 1.29 is 9.90 Å². The molecule has 0 spiro atoms. The number of hydrogen-bond donors (Lipinski definition) is 2. The Morgan fingerprint density at radius 1 is 1.05 bits per heavy atom. The number of unbranched alkanes of at least 4 members (excludes halogenated alkanes) is 6. The number of carboxylic acid groups (broad SMARTS) is 1. The minimum Gasteiger partial charge on any atom is -0.481 e. The molecule has 0 radical (unpaired) electrons. The first kappa shape index (κ1) is 19.5. The maximum Gasteiger partial charge on any atom is 0.303 e. The van der Waals surface area contributed by atoms with E-state index in [2.05, 4.69) is 19.2 Å². The molecular formula is C19H37NO2. The predicted octanol–water partition coefficient (Wildman–Crippen LogP) is 5.00. The molecule has 1 rings (SSSR count). The van der Waals surface area contributed by atoms with Crippen LogP contribution in [0.25, 0.3) is 0 Å². The minimum absolute atomic E-state index is 0.326. The smallest absolute Gasteiger partial charge is 0.303 e. The fourth-order valence-corrected chi connectivity index (χ4v) is 3.85. The van der Waals surface area contributed by atoms with Crippen molar-refractivity contribution in [1.82, 2.24) is 5.32 Å². The van der Waals surface area contributed by atoms with Crippen LogP contribution in [-0.2, 0) is 4.79 Å². The summed E-state index contributed by atoms with van der Waals surface area (Å²) in [6, 6.07) is 0.723. The Hall–Kier alpha value is -0.570. The maximum atomic E-state index is 10.4. The highest BCUT2D eigenvalue weighted by Crippen LogP contribution is 2.34. The van der Waals surface area contributed by atoms with E-state index in [1.807, 2.05) is 0 Å². The molecule has 1 aliphatic rings. The van der Waals surface area contributed by atoms with Crippen molar-refractivity contribution in [3.05, 3.63) is 0 Å². The van der Waals surface area contributed by atoms with Crippen LogP contribution in [0.3, 0.4) is 0 Å². The summed E-state index contributed by atoms with van der Waals surface area (Å²) in [5, 5.41) is 12.4.